The summed E-state index contributed by atoms with van der Waals surface area (Å²) < 4.78 is 145. The number of carbonyl (C=O) groups excluding carboxylic acids is 4. The Morgan fingerprint density at radius 1 is 0.281 bits per heavy atom. The number of fused-ring (bicyclic) bond motifs is 8. The number of hydrogen-bond acceptors (Lipinski definition) is 12. The molecule has 16 aromatic rings. The van der Waals surface area contributed by atoms with Crippen LogP contribution >= 0.6 is 41.1 Å². The molecule has 0 unspecified atom stereocenters. The smallest absolute Gasteiger partial charge is 0.340 e. The fraction of sp³-hybridized carbons (Fsp3) is 0.280. The van der Waals surface area contributed by atoms with E-state index in [0.29, 0.717) is 22.3 Å². The van der Waals surface area contributed by atoms with Gasteiger partial charge in [0.1, 0.15) is 65.4 Å². The summed E-state index contributed by atoms with van der Waals surface area (Å²) >= 11 is 0. The Bertz CT molecular complexity index is 6640. The Kier molecular flexibility index (Phi) is 30.8. The molecule has 0 bridgehead atoms. The second-order valence-electron chi connectivity index (χ2n) is 35.7. The molecule has 22 nitrogen and oxygen atoms in total. The number of halogens is 8. The van der Waals surface area contributed by atoms with E-state index in [2.05, 4.69) is 229 Å². The van der Waals surface area contributed by atoms with Crippen molar-refractivity contribution >= 4 is 130 Å². The van der Waals surface area contributed by atoms with Crippen LogP contribution in [0.5, 0.6) is 0 Å². The number of benzene rings is 6. The SMILES string of the molecule is CC(C)(C)P(n1c(F)c(F)c(F)c1F)n1c(F)c(F)c(F)c1F.CC(C)(C)P(n1c2ccccc2c2ccccc21)n1c2ccccc2c2ccccc21.CC(C)(C)P(n1cc(C#N)c(C#N)c1)n1cc(C#N)c(C#N)c1.CC(C)(C)P(n1ccc2ccccc21)n1ccc2ccccc21.CCOC(=O)c1cn(P(n2cc(C(=O)OCC)c(C(=O)OCC)c2)C(C)(C)C)cc1C(=O)OCC. The number of hydrogen-bond donors (Lipinski definition) is 0. The summed E-state index contributed by atoms with van der Waals surface area (Å²) in [5, 5.41) is 42.6. The standard InChI is InChI=1S/C28H25N2P.C24H33N2O8P.C20H21N2P.C16H13N6P.C12H9F8N2P/c1-28(2,3)31(29-24-16-8-4-12-20(24)21-13-5-9-17-25(21)29)30-26-18-10-6-14-22(26)23-15-7-11-19-27(23)30;1-8-31-20(27)16-12-25(13-17(16)21(28)32-9-2)35(24(5,6)7)26-14-18(22(29)33-10-3)19(15-26)23(30)34-11-4;1-20(2,3)23(21-14-12-16-8-4-6-10-18(16)21)22-15-13-17-9-5-7-11-19(17)22;1-16(2,3)23(21-8-12(4-17)13(5-18)9-21)22-10-14(6-19)15(7-20)11-22;1-12(2,3)23(21-8(17)4(13)5(14)9(21)18)22-10(19)6(15)7(16)11(22)20/h4-19H,1-3H3;12-15H,8-11H2,1-7H3;4-15H,1-3H3;8-11H,1-3H3;1-3H3. The number of ether oxygens (including phenoxy) is 4. The lowest BCUT2D eigenvalue weighted by atomic mass is 10.2. The van der Waals surface area contributed by atoms with Crippen LogP contribution in [0.25, 0.3) is 65.4 Å². The molecule has 0 fully saturated rings. The average molecular weight is 1930 g/mol. The van der Waals surface area contributed by atoms with E-state index in [0.717, 1.165) is 0 Å². The van der Waals surface area contributed by atoms with Gasteiger partial charge in [0.25, 0.3) is 0 Å². The molecule has 6 aromatic carbocycles. The highest BCUT2D eigenvalue weighted by Crippen LogP contribution is 2.61. The van der Waals surface area contributed by atoms with Crippen molar-refractivity contribution in [2.24, 2.45) is 0 Å². The van der Waals surface area contributed by atoms with Crippen molar-refractivity contribution in [1.82, 2.24) is 43.4 Å². The van der Waals surface area contributed by atoms with E-state index in [1.165, 1.54) is 111 Å². The van der Waals surface area contributed by atoms with Crippen LogP contribution in [0.15, 0.2) is 220 Å². The zero-order valence-corrected chi connectivity index (χ0v) is 82.4. The van der Waals surface area contributed by atoms with Crippen LogP contribution in [0, 0.1) is 92.4 Å². The molecule has 0 aliphatic heterocycles. The number of para-hydroxylation sites is 6. The normalized spacial score (nSPS) is 11.9. The van der Waals surface area contributed by atoms with Gasteiger partial charge in [-0.25, -0.2) is 27.9 Å². The van der Waals surface area contributed by atoms with Gasteiger partial charge in [0, 0.05) is 109 Å². The molecule has 0 amide bonds. The topological polar surface area (TPSA) is 250 Å². The fourth-order valence-corrected chi connectivity index (χ4v) is 28.7. The molecule has 0 spiro atoms. The molecule has 0 atom stereocenters. The minimum atomic E-state index is -2.99. The Balaban J connectivity index is 0.000000154. The lowest BCUT2D eigenvalue weighted by Crippen LogP contribution is -2.24. The number of nitriles is 4. The second-order valence-corrected chi connectivity index (χ2v) is 49.6. The van der Waals surface area contributed by atoms with Crippen molar-refractivity contribution in [3.05, 3.63) is 311 Å². The minimum Gasteiger partial charge on any atom is -0.462 e. The highest BCUT2D eigenvalue weighted by Gasteiger charge is 2.43. The van der Waals surface area contributed by atoms with Gasteiger partial charge in [0.15, 0.2) is 0 Å². The van der Waals surface area contributed by atoms with Gasteiger partial charge in [-0.3, -0.25) is 0 Å². The van der Waals surface area contributed by atoms with Gasteiger partial charge in [-0.1, -0.05) is 213 Å². The summed E-state index contributed by atoms with van der Waals surface area (Å²) in [6.07, 6.45) is 17.2. The molecule has 0 aliphatic carbocycles. The Morgan fingerprint density at radius 3 is 0.711 bits per heavy atom. The first-order valence-electron chi connectivity index (χ1n) is 43.0. The highest BCUT2D eigenvalue weighted by molar-refractivity contribution is 7.58. The maximum atomic E-state index is 13.8. The third-order valence-corrected chi connectivity index (χ3v) is 34.1. The third-order valence-electron chi connectivity index (χ3n) is 20.9. The van der Waals surface area contributed by atoms with E-state index < -0.39 is 122 Å². The molecule has 0 saturated heterocycles. The van der Waals surface area contributed by atoms with Gasteiger partial charge in [-0.15, -0.1) is 0 Å². The minimum absolute atomic E-state index is 0.0461. The average Bonchev–Trinajstić information content (AvgIpc) is 1.55. The number of aromatic nitrogens is 10. The van der Waals surface area contributed by atoms with Crippen LogP contribution in [0.2, 0.25) is 0 Å². The van der Waals surface area contributed by atoms with Crippen LogP contribution in [-0.4, -0.2) is 119 Å². The number of esters is 4. The zero-order chi connectivity index (χ0) is 98.6. The van der Waals surface area contributed by atoms with E-state index in [-0.39, 0.29) is 72.8 Å². The van der Waals surface area contributed by atoms with Gasteiger partial charge in [-0.2, -0.15) is 56.2 Å². The summed E-state index contributed by atoms with van der Waals surface area (Å²) in [5.74, 6) is -19.7. The quantitative estimate of drug-likeness (QED) is 0.0337. The van der Waals surface area contributed by atoms with E-state index in [4.69, 9.17) is 40.0 Å². The van der Waals surface area contributed by atoms with Crippen LogP contribution in [0.3, 0.4) is 0 Å². The Labute approximate surface area is 782 Å². The van der Waals surface area contributed by atoms with Gasteiger partial charge < -0.3 is 53.6 Å². The molecule has 135 heavy (non-hydrogen) atoms. The summed E-state index contributed by atoms with van der Waals surface area (Å²) in [7, 11) is -6.85. The van der Waals surface area contributed by atoms with Gasteiger partial charge in [0.05, 0.1) is 104 Å². The maximum Gasteiger partial charge on any atom is 0.340 e. The van der Waals surface area contributed by atoms with Crippen molar-refractivity contribution < 1.29 is 73.2 Å². The number of nitrogens with zero attached hydrogens (tertiary/aromatic N) is 14. The van der Waals surface area contributed by atoms with Crippen molar-refractivity contribution in [2.45, 2.75) is 157 Å². The number of rotatable bonds is 18. The lowest BCUT2D eigenvalue weighted by Gasteiger charge is -2.35. The Morgan fingerprint density at radius 2 is 0.489 bits per heavy atom. The molecule has 16 rings (SSSR count). The van der Waals surface area contributed by atoms with Crippen LogP contribution in [-0.2, 0) is 18.9 Å². The van der Waals surface area contributed by atoms with Crippen molar-refractivity contribution in [2.75, 3.05) is 26.4 Å². The largest absolute Gasteiger partial charge is 0.462 e. The molecular formula is C100H101F8N14O8P5. The molecule has 35 heteroatoms. The monoisotopic (exact) mass is 1930 g/mol. The molecule has 0 radical (unpaired) electrons. The molecule has 0 saturated carbocycles. The molecule has 0 N–H and O–H groups in total. The maximum absolute atomic E-state index is 13.8. The van der Waals surface area contributed by atoms with Crippen LogP contribution < -0.4 is 0 Å². The van der Waals surface area contributed by atoms with Crippen molar-refractivity contribution in [3.63, 3.8) is 0 Å². The first-order valence-corrected chi connectivity index (χ1v) is 49.2. The second kappa shape index (κ2) is 41.1. The number of carbonyl (C=O) groups is 4. The molecule has 10 heterocycles. The highest BCUT2D eigenvalue weighted by atomic mass is 31.1. The van der Waals surface area contributed by atoms with E-state index in [1.807, 2.05) is 74.5 Å². The molecule has 10 aromatic heterocycles. The summed E-state index contributed by atoms with van der Waals surface area (Å²) in [4.78, 5) is 50.4. The van der Waals surface area contributed by atoms with Gasteiger partial charge in [0.2, 0.25) is 47.1 Å². The fourth-order valence-electron chi connectivity index (χ4n) is 15.7. The van der Waals surface area contributed by atoms with Crippen LogP contribution in [0.4, 0.5) is 35.1 Å². The molecule has 700 valence electrons. The van der Waals surface area contributed by atoms with Crippen LogP contribution in [0.1, 0.15) is 195 Å². The Hall–Kier alpha value is -12.9. The van der Waals surface area contributed by atoms with Crippen molar-refractivity contribution in [1.29, 1.82) is 21.0 Å². The van der Waals surface area contributed by atoms with Crippen molar-refractivity contribution in [3.8, 4) is 24.3 Å². The molecular weight excluding hydrogens is 1830 g/mol. The predicted octanol–water partition coefficient (Wildman–Crippen LogP) is 27.2. The van der Waals surface area contributed by atoms with Gasteiger partial charge in [-0.05, 0) is 87.0 Å². The third kappa shape index (κ3) is 20.6. The lowest BCUT2D eigenvalue weighted by molar-refractivity contribution is 0.0480. The molecule has 0 aliphatic rings. The van der Waals surface area contributed by atoms with Gasteiger partial charge >= 0.3 is 23.9 Å². The van der Waals surface area contributed by atoms with E-state index in [9.17, 15) is 54.3 Å². The summed E-state index contributed by atoms with van der Waals surface area (Å²) in [6, 6.07) is 65.3. The predicted molar refractivity (Wildman–Crippen MR) is 519 cm³/mol. The summed E-state index contributed by atoms with van der Waals surface area (Å²) in [6.45, 7) is 37.1. The van der Waals surface area contributed by atoms with E-state index in [1.54, 1.807) is 61.2 Å². The first kappa shape index (κ1) is 101. The van der Waals surface area contributed by atoms with E-state index >= 15 is 0 Å². The first-order chi connectivity index (χ1) is 63.9. The zero-order valence-electron chi connectivity index (χ0n) is 77.9. The summed E-state index contributed by atoms with van der Waals surface area (Å²) in [5.41, 5.74) is 9.44.